The molecule has 1 atom stereocenters. The van der Waals surface area contributed by atoms with E-state index in [4.69, 9.17) is 26.8 Å². The molecule has 17 heavy (non-hydrogen) atoms. The zero-order valence-electron chi connectivity index (χ0n) is 10.2. The number of benzene rings is 1. The smallest absolute Gasteiger partial charge is 0.179 e. The van der Waals surface area contributed by atoms with Crippen LogP contribution in [0, 0.1) is 5.92 Å². The number of methoxy groups -OCH3 is 1. The van der Waals surface area contributed by atoms with Crippen LogP contribution in [0.4, 0.5) is 0 Å². The standard InChI is InChI=1S/C13H18ClNO2/c1-8(15)10-5-11(14)13(16-2)12(6-10)17-7-9-3-4-9/h5-6,8-9H,3-4,7,15H2,1-2H3. The van der Waals surface area contributed by atoms with Crippen LogP contribution in [0.3, 0.4) is 0 Å². The van der Waals surface area contributed by atoms with Crippen LogP contribution >= 0.6 is 11.6 Å². The summed E-state index contributed by atoms with van der Waals surface area (Å²) in [7, 11) is 1.59. The molecule has 0 saturated heterocycles. The van der Waals surface area contributed by atoms with Gasteiger partial charge in [0.1, 0.15) is 0 Å². The van der Waals surface area contributed by atoms with E-state index in [-0.39, 0.29) is 6.04 Å². The van der Waals surface area contributed by atoms with Gasteiger partial charge in [0.25, 0.3) is 0 Å². The molecule has 1 aliphatic carbocycles. The van der Waals surface area contributed by atoms with Crippen LogP contribution in [0.5, 0.6) is 11.5 Å². The SMILES string of the molecule is COc1c(Cl)cc(C(C)N)cc1OCC1CC1. The fourth-order valence-electron chi connectivity index (χ4n) is 1.65. The van der Waals surface area contributed by atoms with Crippen molar-refractivity contribution in [1.29, 1.82) is 0 Å². The molecular weight excluding hydrogens is 238 g/mol. The average molecular weight is 256 g/mol. The highest BCUT2D eigenvalue weighted by atomic mass is 35.5. The average Bonchev–Trinajstić information content (AvgIpc) is 3.09. The van der Waals surface area contributed by atoms with E-state index in [0.717, 1.165) is 12.2 Å². The maximum absolute atomic E-state index is 6.15. The topological polar surface area (TPSA) is 44.5 Å². The second-order valence-electron chi connectivity index (χ2n) is 4.58. The van der Waals surface area contributed by atoms with Crippen LogP contribution in [0.15, 0.2) is 12.1 Å². The minimum Gasteiger partial charge on any atom is -0.491 e. The summed E-state index contributed by atoms with van der Waals surface area (Å²) in [6, 6.07) is 3.67. The van der Waals surface area contributed by atoms with Crippen molar-refractivity contribution in [2.45, 2.75) is 25.8 Å². The molecule has 0 radical (unpaired) electrons. The summed E-state index contributed by atoms with van der Waals surface area (Å²) in [6.45, 7) is 2.65. The minimum absolute atomic E-state index is 0.0679. The molecule has 0 amide bonds. The summed E-state index contributed by atoms with van der Waals surface area (Å²) >= 11 is 6.15. The Kier molecular flexibility index (Phi) is 3.79. The van der Waals surface area contributed by atoms with Crippen molar-refractivity contribution >= 4 is 11.6 Å². The summed E-state index contributed by atoms with van der Waals surface area (Å²) in [6.07, 6.45) is 2.51. The first-order valence-corrected chi connectivity index (χ1v) is 6.25. The summed E-state index contributed by atoms with van der Waals surface area (Å²) in [5.74, 6) is 1.98. The lowest BCUT2D eigenvalue weighted by Crippen LogP contribution is -2.07. The van der Waals surface area contributed by atoms with Crippen LogP contribution in [0.1, 0.15) is 31.4 Å². The Balaban J connectivity index is 2.24. The van der Waals surface area contributed by atoms with E-state index in [1.807, 2.05) is 19.1 Å². The molecule has 1 unspecified atom stereocenters. The Bertz CT molecular complexity index is 403. The Labute approximate surface area is 107 Å². The van der Waals surface area contributed by atoms with Gasteiger partial charge in [0, 0.05) is 6.04 Å². The van der Waals surface area contributed by atoms with Gasteiger partial charge in [0.15, 0.2) is 11.5 Å². The third kappa shape index (κ3) is 3.05. The van der Waals surface area contributed by atoms with Gasteiger partial charge in [0.05, 0.1) is 18.7 Å². The van der Waals surface area contributed by atoms with Crippen LogP contribution in [-0.4, -0.2) is 13.7 Å². The van der Waals surface area contributed by atoms with Crippen molar-refractivity contribution < 1.29 is 9.47 Å². The van der Waals surface area contributed by atoms with Gasteiger partial charge >= 0.3 is 0 Å². The summed E-state index contributed by atoms with van der Waals surface area (Å²) < 4.78 is 11.0. The van der Waals surface area contributed by atoms with E-state index < -0.39 is 0 Å². The molecule has 94 valence electrons. The van der Waals surface area contributed by atoms with Crippen LogP contribution in [0.2, 0.25) is 5.02 Å². The number of halogens is 1. The Hall–Kier alpha value is -0.930. The first-order chi connectivity index (χ1) is 8.11. The van der Waals surface area contributed by atoms with E-state index in [2.05, 4.69) is 0 Å². The van der Waals surface area contributed by atoms with Crippen molar-refractivity contribution in [2.24, 2.45) is 11.7 Å². The third-order valence-electron chi connectivity index (χ3n) is 2.93. The van der Waals surface area contributed by atoms with Gasteiger partial charge in [-0.2, -0.15) is 0 Å². The summed E-state index contributed by atoms with van der Waals surface area (Å²) in [5.41, 5.74) is 6.82. The van der Waals surface area contributed by atoms with Gasteiger partial charge in [-0.25, -0.2) is 0 Å². The molecule has 2 rings (SSSR count). The lowest BCUT2D eigenvalue weighted by atomic mass is 10.1. The molecule has 0 aliphatic heterocycles. The quantitative estimate of drug-likeness (QED) is 0.879. The molecule has 0 heterocycles. The van der Waals surface area contributed by atoms with Crippen molar-refractivity contribution in [3.05, 3.63) is 22.7 Å². The number of hydrogen-bond acceptors (Lipinski definition) is 3. The van der Waals surface area contributed by atoms with E-state index in [9.17, 15) is 0 Å². The van der Waals surface area contributed by atoms with Crippen molar-refractivity contribution in [3.8, 4) is 11.5 Å². The number of ether oxygens (including phenoxy) is 2. The lowest BCUT2D eigenvalue weighted by molar-refractivity contribution is 0.280. The molecule has 1 aromatic carbocycles. The molecule has 0 aromatic heterocycles. The molecule has 0 spiro atoms. The first-order valence-electron chi connectivity index (χ1n) is 5.87. The molecule has 1 saturated carbocycles. The molecular formula is C13H18ClNO2. The number of nitrogens with two attached hydrogens (primary N) is 1. The van der Waals surface area contributed by atoms with E-state index >= 15 is 0 Å². The van der Waals surface area contributed by atoms with Crippen molar-refractivity contribution in [2.75, 3.05) is 13.7 Å². The lowest BCUT2D eigenvalue weighted by Gasteiger charge is -2.15. The predicted octanol–water partition coefficient (Wildman–Crippen LogP) is 3.16. The van der Waals surface area contributed by atoms with Crippen molar-refractivity contribution in [3.63, 3.8) is 0 Å². The van der Waals surface area contributed by atoms with Crippen LogP contribution in [-0.2, 0) is 0 Å². The van der Waals surface area contributed by atoms with Crippen molar-refractivity contribution in [1.82, 2.24) is 0 Å². The Morgan fingerprint density at radius 3 is 2.71 bits per heavy atom. The molecule has 1 aliphatic rings. The van der Waals surface area contributed by atoms with Gasteiger partial charge in [-0.15, -0.1) is 0 Å². The van der Waals surface area contributed by atoms with E-state index in [0.29, 0.717) is 22.4 Å². The second-order valence-corrected chi connectivity index (χ2v) is 4.98. The van der Waals surface area contributed by atoms with Gasteiger partial charge in [-0.05, 0) is 43.4 Å². The maximum Gasteiger partial charge on any atom is 0.179 e. The van der Waals surface area contributed by atoms with Gasteiger partial charge in [-0.3, -0.25) is 0 Å². The highest BCUT2D eigenvalue weighted by Gasteiger charge is 2.23. The van der Waals surface area contributed by atoms with E-state index in [1.165, 1.54) is 12.8 Å². The zero-order chi connectivity index (χ0) is 12.4. The Morgan fingerprint density at radius 2 is 2.18 bits per heavy atom. The molecule has 1 aromatic rings. The fourth-order valence-corrected chi connectivity index (χ4v) is 1.94. The summed E-state index contributed by atoms with van der Waals surface area (Å²) in [5, 5.41) is 0.549. The predicted molar refractivity (Wildman–Crippen MR) is 68.8 cm³/mol. The number of hydrogen-bond donors (Lipinski definition) is 1. The highest BCUT2D eigenvalue weighted by Crippen LogP contribution is 2.39. The van der Waals surface area contributed by atoms with Gasteiger partial charge < -0.3 is 15.2 Å². The monoisotopic (exact) mass is 255 g/mol. The van der Waals surface area contributed by atoms with Gasteiger partial charge in [-0.1, -0.05) is 11.6 Å². The second kappa shape index (κ2) is 5.15. The fraction of sp³-hybridized carbons (Fsp3) is 0.538. The molecule has 3 nitrogen and oxygen atoms in total. The molecule has 2 N–H and O–H groups in total. The normalized spacial score (nSPS) is 16.7. The first kappa shape index (κ1) is 12.5. The van der Waals surface area contributed by atoms with E-state index in [1.54, 1.807) is 7.11 Å². The molecule has 0 bridgehead atoms. The number of rotatable bonds is 5. The highest BCUT2D eigenvalue weighted by molar-refractivity contribution is 6.32. The van der Waals surface area contributed by atoms with Crippen LogP contribution < -0.4 is 15.2 Å². The molecule has 4 heteroatoms. The summed E-state index contributed by atoms with van der Waals surface area (Å²) in [4.78, 5) is 0. The maximum atomic E-state index is 6.15. The third-order valence-corrected chi connectivity index (χ3v) is 3.21. The largest absolute Gasteiger partial charge is 0.491 e. The zero-order valence-corrected chi connectivity index (χ0v) is 11.0. The Morgan fingerprint density at radius 1 is 1.47 bits per heavy atom. The molecule has 1 fully saturated rings. The minimum atomic E-state index is -0.0679. The van der Waals surface area contributed by atoms with Gasteiger partial charge in [0.2, 0.25) is 0 Å². The van der Waals surface area contributed by atoms with Crippen LogP contribution in [0.25, 0.3) is 0 Å².